The molecule has 1 aliphatic heterocycles. The molecule has 5 nitrogen and oxygen atoms in total. The van der Waals surface area contributed by atoms with Gasteiger partial charge in [0.2, 0.25) is 0 Å². The molecule has 0 unspecified atom stereocenters. The maximum atomic E-state index is 12.3. The molecule has 0 spiro atoms. The van der Waals surface area contributed by atoms with Crippen LogP contribution in [0.4, 0.5) is 5.82 Å². The van der Waals surface area contributed by atoms with Crippen molar-refractivity contribution in [2.75, 3.05) is 29.9 Å². The van der Waals surface area contributed by atoms with Crippen LogP contribution in [0.3, 0.4) is 0 Å². The highest BCUT2D eigenvalue weighted by Gasteiger charge is 2.22. The first kappa shape index (κ1) is 15.5. The lowest BCUT2D eigenvalue weighted by molar-refractivity contribution is 0.0479. The van der Waals surface area contributed by atoms with Crippen LogP contribution in [0, 0.1) is 0 Å². The first-order chi connectivity index (χ1) is 9.76. The van der Waals surface area contributed by atoms with Crippen LogP contribution in [0.25, 0.3) is 0 Å². The molecule has 1 fully saturated rings. The van der Waals surface area contributed by atoms with Gasteiger partial charge >= 0.3 is 0 Å². The quantitative estimate of drug-likeness (QED) is 0.741. The molecule has 1 aromatic heterocycles. The van der Waals surface area contributed by atoms with Crippen LogP contribution in [0.1, 0.15) is 26.2 Å². The molecule has 1 saturated heterocycles. The van der Waals surface area contributed by atoms with Crippen LogP contribution in [0.2, 0.25) is 0 Å². The van der Waals surface area contributed by atoms with Crippen molar-refractivity contribution in [3.63, 3.8) is 0 Å². The van der Waals surface area contributed by atoms with Crippen LogP contribution in [0.5, 0.6) is 0 Å². The highest BCUT2D eigenvalue weighted by atomic mass is 79.9. The van der Waals surface area contributed by atoms with Gasteiger partial charge in [-0.3, -0.25) is 4.79 Å². The SMILES string of the molecule is CCCn1ccnc(N2CCC(OCCBr)CC2)c1=O. The van der Waals surface area contributed by atoms with Crippen molar-refractivity contribution in [2.24, 2.45) is 0 Å². The van der Waals surface area contributed by atoms with E-state index >= 15 is 0 Å². The van der Waals surface area contributed by atoms with E-state index in [1.54, 1.807) is 17.0 Å². The lowest BCUT2D eigenvalue weighted by Crippen LogP contribution is -2.41. The van der Waals surface area contributed by atoms with Crippen LogP contribution in [0.15, 0.2) is 17.2 Å². The topological polar surface area (TPSA) is 47.4 Å². The van der Waals surface area contributed by atoms with E-state index in [-0.39, 0.29) is 5.56 Å². The van der Waals surface area contributed by atoms with Gasteiger partial charge in [-0.1, -0.05) is 22.9 Å². The number of aryl methyl sites for hydroxylation is 1. The Morgan fingerprint density at radius 2 is 2.20 bits per heavy atom. The molecule has 0 atom stereocenters. The van der Waals surface area contributed by atoms with Crippen molar-refractivity contribution >= 4 is 21.7 Å². The van der Waals surface area contributed by atoms with E-state index in [2.05, 4.69) is 32.7 Å². The van der Waals surface area contributed by atoms with Gasteiger partial charge in [0.1, 0.15) is 0 Å². The summed E-state index contributed by atoms with van der Waals surface area (Å²) in [6.07, 6.45) is 6.66. The number of ether oxygens (including phenoxy) is 1. The molecule has 0 bridgehead atoms. The highest BCUT2D eigenvalue weighted by Crippen LogP contribution is 2.17. The normalized spacial score (nSPS) is 16.6. The maximum Gasteiger partial charge on any atom is 0.293 e. The molecule has 20 heavy (non-hydrogen) atoms. The Labute approximate surface area is 128 Å². The van der Waals surface area contributed by atoms with Gasteiger partial charge in [-0.15, -0.1) is 0 Å². The third kappa shape index (κ3) is 3.82. The summed E-state index contributed by atoms with van der Waals surface area (Å²) in [6.45, 7) is 5.24. The zero-order valence-electron chi connectivity index (χ0n) is 11.9. The van der Waals surface area contributed by atoms with Gasteiger partial charge in [0, 0.05) is 37.4 Å². The number of nitrogens with zero attached hydrogens (tertiary/aromatic N) is 3. The molecule has 1 aliphatic rings. The van der Waals surface area contributed by atoms with E-state index in [1.165, 1.54) is 0 Å². The smallest absolute Gasteiger partial charge is 0.293 e. The molecule has 0 radical (unpaired) electrons. The Morgan fingerprint density at radius 1 is 1.45 bits per heavy atom. The predicted molar refractivity (Wildman–Crippen MR) is 83.8 cm³/mol. The molecule has 0 aliphatic carbocycles. The highest BCUT2D eigenvalue weighted by molar-refractivity contribution is 9.09. The fourth-order valence-electron chi connectivity index (χ4n) is 2.52. The van der Waals surface area contributed by atoms with Gasteiger partial charge in [-0.2, -0.15) is 0 Å². The van der Waals surface area contributed by atoms with Crippen LogP contribution in [-0.4, -0.2) is 40.7 Å². The third-order valence-corrected chi connectivity index (χ3v) is 3.86. The summed E-state index contributed by atoms with van der Waals surface area (Å²) < 4.78 is 7.48. The van der Waals surface area contributed by atoms with Crippen molar-refractivity contribution in [2.45, 2.75) is 38.8 Å². The van der Waals surface area contributed by atoms with E-state index in [9.17, 15) is 4.79 Å². The Bertz CT molecular complexity index is 470. The number of aromatic nitrogens is 2. The monoisotopic (exact) mass is 343 g/mol. The zero-order chi connectivity index (χ0) is 14.4. The van der Waals surface area contributed by atoms with Crippen LogP contribution in [-0.2, 0) is 11.3 Å². The van der Waals surface area contributed by atoms with Crippen molar-refractivity contribution in [3.05, 3.63) is 22.7 Å². The number of piperidine rings is 1. The molecule has 0 saturated carbocycles. The second-order valence-corrected chi connectivity index (χ2v) is 5.79. The minimum Gasteiger partial charge on any atom is -0.377 e. The fourth-order valence-corrected chi connectivity index (χ4v) is 2.70. The molecule has 112 valence electrons. The van der Waals surface area contributed by atoms with Crippen molar-refractivity contribution in [3.8, 4) is 0 Å². The summed E-state index contributed by atoms with van der Waals surface area (Å²) in [4.78, 5) is 18.7. The molecule has 0 aromatic carbocycles. The van der Waals surface area contributed by atoms with Gasteiger partial charge in [-0.05, 0) is 19.3 Å². The molecule has 2 heterocycles. The number of hydrogen-bond donors (Lipinski definition) is 0. The Balaban J connectivity index is 2.00. The summed E-state index contributed by atoms with van der Waals surface area (Å²) in [6, 6.07) is 0. The first-order valence-corrected chi connectivity index (χ1v) is 8.36. The maximum absolute atomic E-state index is 12.3. The van der Waals surface area contributed by atoms with E-state index in [0.717, 1.165) is 50.8 Å². The Hall–Kier alpha value is -0.880. The van der Waals surface area contributed by atoms with Gasteiger partial charge in [-0.25, -0.2) is 4.98 Å². The van der Waals surface area contributed by atoms with Crippen molar-refractivity contribution in [1.82, 2.24) is 9.55 Å². The molecule has 0 N–H and O–H groups in total. The first-order valence-electron chi connectivity index (χ1n) is 7.24. The second kappa shape index (κ2) is 7.78. The average molecular weight is 344 g/mol. The van der Waals surface area contributed by atoms with E-state index in [4.69, 9.17) is 4.74 Å². The standard InChI is InChI=1S/C14H22BrN3O2/c1-2-7-18-10-6-16-13(14(18)19)17-8-3-12(4-9-17)20-11-5-15/h6,10,12H,2-5,7-9,11H2,1H3. The average Bonchev–Trinajstić information content (AvgIpc) is 2.48. The molecule has 0 amide bonds. The van der Waals surface area contributed by atoms with E-state index in [1.807, 2.05) is 0 Å². The van der Waals surface area contributed by atoms with Crippen LogP contribution >= 0.6 is 15.9 Å². The summed E-state index contributed by atoms with van der Waals surface area (Å²) in [5.41, 5.74) is 0.0224. The number of hydrogen-bond acceptors (Lipinski definition) is 4. The van der Waals surface area contributed by atoms with Gasteiger partial charge in [0.15, 0.2) is 5.82 Å². The number of halogens is 1. The summed E-state index contributed by atoms with van der Waals surface area (Å²) in [7, 11) is 0. The number of rotatable bonds is 6. The molecule has 6 heteroatoms. The Kier molecular flexibility index (Phi) is 6.04. The Morgan fingerprint density at radius 3 is 2.85 bits per heavy atom. The largest absolute Gasteiger partial charge is 0.377 e. The number of alkyl halides is 1. The van der Waals surface area contributed by atoms with Gasteiger partial charge in [0.25, 0.3) is 5.56 Å². The lowest BCUT2D eigenvalue weighted by atomic mass is 10.1. The summed E-state index contributed by atoms with van der Waals surface area (Å²) in [5.74, 6) is 0.583. The predicted octanol–water partition coefficient (Wildman–Crippen LogP) is 2.03. The molecule has 1 aromatic rings. The zero-order valence-corrected chi connectivity index (χ0v) is 13.5. The van der Waals surface area contributed by atoms with Gasteiger partial charge in [0.05, 0.1) is 12.7 Å². The summed E-state index contributed by atoms with van der Waals surface area (Å²) in [5, 5.41) is 0.870. The van der Waals surface area contributed by atoms with Gasteiger partial charge < -0.3 is 14.2 Å². The second-order valence-electron chi connectivity index (χ2n) is 5.00. The lowest BCUT2D eigenvalue weighted by Gasteiger charge is -2.32. The number of anilines is 1. The van der Waals surface area contributed by atoms with E-state index < -0.39 is 0 Å². The minimum atomic E-state index is 0.0224. The van der Waals surface area contributed by atoms with Crippen molar-refractivity contribution in [1.29, 1.82) is 0 Å². The molecular weight excluding hydrogens is 322 g/mol. The molecular formula is C14H22BrN3O2. The van der Waals surface area contributed by atoms with Crippen LogP contribution < -0.4 is 10.5 Å². The fraction of sp³-hybridized carbons (Fsp3) is 0.714. The van der Waals surface area contributed by atoms with E-state index in [0.29, 0.717) is 11.9 Å². The third-order valence-electron chi connectivity index (χ3n) is 3.53. The molecule has 2 rings (SSSR count). The van der Waals surface area contributed by atoms with Crippen molar-refractivity contribution < 1.29 is 4.74 Å². The minimum absolute atomic E-state index is 0.0224. The summed E-state index contributed by atoms with van der Waals surface area (Å²) >= 11 is 3.37.